The molecular formula is C31H30F2N4O3. The third-order valence-electron chi connectivity index (χ3n) is 7.15. The van der Waals surface area contributed by atoms with Crippen LogP contribution < -0.4 is 10.6 Å². The number of carbonyl (C=O) groups excluding carboxylic acids is 1. The lowest BCUT2D eigenvalue weighted by atomic mass is 9.84. The highest BCUT2D eigenvalue weighted by molar-refractivity contribution is 6.09. The number of rotatable bonds is 8. The van der Waals surface area contributed by atoms with Gasteiger partial charge in [-0.1, -0.05) is 48.6 Å². The van der Waals surface area contributed by atoms with Crippen LogP contribution in [0.25, 0.3) is 5.69 Å². The molecule has 0 fully saturated rings. The molecule has 0 aliphatic carbocycles. The zero-order valence-electron chi connectivity index (χ0n) is 22.7. The Bertz CT molecular complexity index is 1660. The summed E-state index contributed by atoms with van der Waals surface area (Å²) in [6, 6.07) is 16.7. The van der Waals surface area contributed by atoms with Gasteiger partial charge in [-0.2, -0.15) is 4.68 Å². The summed E-state index contributed by atoms with van der Waals surface area (Å²) < 4.78 is 38.6. The first-order valence-corrected chi connectivity index (χ1v) is 13.1. The molecule has 40 heavy (non-hydrogen) atoms. The number of aromatic nitrogens is 3. The van der Waals surface area contributed by atoms with E-state index in [1.54, 1.807) is 26.0 Å². The molecule has 0 N–H and O–H groups in total. The zero-order chi connectivity index (χ0) is 28.6. The number of amides is 1. The van der Waals surface area contributed by atoms with Crippen LogP contribution in [0, 0.1) is 18.6 Å². The van der Waals surface area contributed by atoms with Crippen LogP contribution in [0.3, 0.4) is 0 Å². The van der Waals surface area contributed by atoms with Crippen LogP contribution in [0.2, 0.25) is 0 Å². The predicted octanol–water partition coefficient (Wildman–Crippen LogP) is 5.68. The number of benzene rings is 3. The highest BCUT2D eigenvalue weighted by Crippen LogP contribution is 2.38. The number of hydrogen-bond donors (Lipinski definition) is 0. The Morgan fingerprint density at radius 2 is 1.77 bits per heavy atom. The Labute approximate surface area is 230 Å². The van der Waals surface area contributed by atoms with Crippen LogP contribution in [0.1, 0.15) is 52.6 Å². The largest absolute Gasteiger partial charge is 0.369 e. The minimum atomic E-state index is -0.793. The SMILES string of the molecule is C=C(C)C1CN(c2cc(C)ccc2F)C(=O)c2cc(F)c(-n3nc(COCc4ccccc4)n(CC)c3=O)cc21. The van der Waals surface area contributed by atoms with E-state index in [4.69, 9.17) is 4.74 Å². The third-order valence-corrected chi connectivity index (χ3v) is 7.15. The van der Waals surface area contributed by atoms with Gasteiger partial charge < -0.3 is 9.64 Å². The molecule has 206 valence electrons. The fourth-order valence-electron chi connectivity index (χ4n) is 5.03. The summed E-state index contributed by atoms with van der Waals surface area (Å²) in [5.41, 5.74) is 2.62. The molecular weight excluding hydrogens is 514 g/mol. The molecule has 1 unspecified atom stereocenters. The number of nitrogens with zero attached hydrogens (tertiary/aromatic N) is 4. The number of halogens is 2. The minimum absolute atomic E-state index is 0.0570. The summed E-state index contributed by atoms with van der Waals surface area (Å²) >= 11 is 0. The number of aryl methyl sites for hydroxylation is 1. The lowest BCUT2D eigenvalue weighted by Gasteiger charge is -2.35. The van der Waals surface area contributed by atoms with E-state index in [1.807, 2.05) is 37.3 Å². The average molecular weight is 545 g/mol. The quantitative estimate of drug-likeness (QED) is 0.268. The molecule has 0 radical (unpaired) electrons. The Morgan fingerprint density at radius 1 is 1.02 bits per heavy atom. The molecule has 5 rings (SSSR count). The zero-order valence-corrected chi connectivity index (χ0v) is 22.7. The van der Waals surface area contributed by atoms with Crippen molar-refractivity contribution in [3.8, 4) is 5.69 Å². The van der Waals surface area contributed by atoms with Gasteiger partial charge in [-0.25, -0.2) is 13.6 Å². The van der Waals surface area contributed by atoms with Gasteiger partial charge in [0.25, 0.3) is 5.91 Å². The molecule has 1 amide bonds. The first kappa shape index (κ1) is 27.2. The standard InChI is InChI=1S/C31H30F2N4O3/c1-5-35-29(18-40-17-21-9-7-6-8-10-21)34-37(31(35)39)28-15-22-23(14-26(28)33)30(38)36(16-24(22)19(2)3)27-13-20(4)11-12-25(27)32/h6-15,24H,2,5,16-18H2,1,3-4H3. The second-order valence-electron chi connectivity index (χ2n) is 9.99. The molecule has 0 saturated carbocycles. The second kappa shape index (κ2) is 11.0. The summed E-state index contributed by atoms with van der Waals surface area (Å²) in [5, 5.41) is 4.40. The Balaban J connectivity index is 1.52. The third kappa shape index (κ3) is 5.00. The summed E-state index contributed by atoms with van der Waals surface area (Å²) in [5.74, 6) is -1.92. The molecule has 7 nitrogen and oxygen atoms in total. The molecule has 1 aliphatic rings. The van der Waals surface area contributed by atoms with E-state index in [-0.39, 0.29) is 30.1 Å². The maximum absolute atomic E-state index is 15.6. The minimum Gasteiger partial charge on any atom is -0.369 e. The van der Waals surface area contributed by atoms with E-state index in [0.717, 1.165) is 21.9 Å². The van der Waals surface area contributed by atoms with Crippen molar-refractivity contribution in [2.24, 2.45) is 0 Å². The summed E-state index contributed by atoms with van der Waals surface area (Å²) in [4.78, 5) is 28.1. The maximum Gasteiger partial charge on any atom is 0.350 e. The van der Waals surface area contributed by atoms with Crippen molar-refractivity contribution in [1.29, 1.82) is 0 Å². The van der Waals surface area contributed by atoms with Crippen LogP contribution in [0.5, 0.6) is 0 Å². The van der Waals surface area contributed by atoms with Crippen molar-refractivity contribution < 1.29 is 18.3 Å². The Kier molecular flexibility index (Phi) is 7.49. The van der Waals surface area contributed by atoms with Crippen molar-refractivity contribution in [3.63, 3.8) is 0 Å². The van der Waals surface area contributed by atoms with Crippen LogP contribution >= 0.6 is 0 Å². The molecule has 2 heterocycles. The highest BCUT2D eigenvalue weighted by atomic mass is 19.1. The highest BCUT2D eigenvalue weighted by Gasteiger charge is 2.35. The molecule has 4 aromatic rings. The van der Waals surface area contributed by atoms with Gasteiger partial charge in [0.2, 0.25) is 0 Å². The first-order valence-electron chi connectivity index (χ1n) is 13.1. The van der Waals surface area contributed by atoms with Crippen molar-refractivity contribution in [1.82, 2.24) is 14.3 Å². The van der Waals surface area contributed by atoms with Crippen LogP contribution in [0.15, 0.2) is 77.6 Å². The monoisotopic (exact) mass is 544 g/mol. The molecule has 0 bridgehead atoms. The van der Waals surface area contributed by atoms with E-state index in [2.05, 4.69) is 11.7 Å². The molecule has 1 atom stereocenters. The topological polar surface area (TPSA) is 69.4 Å². The van der Waals surface area contributed by atoms with Gasteiger partial charge in [-0.15, -0.1) is 5.10 Å². The van der Waals surface area contributed by atoms with Gasteiger partial charge in [0.05, 0.1) is 12.3 Å². The van der Waals surface area contributed by atoms with Gasteiger partial charge in [0.15, 0.2) is 5.82 Å². The Morgan fingerprint density at radius 3 is 2.48 bits per heavy atom. The lowest BCUT2D eigenvalue weighted by molar-refractivity contribution is 0.0976. The van der Waals surface area contributed by atoms with Gasteiger partial charge in [-0.3, -0.25) is 9.36 Å². The van der Waals surface area contributed by atoms with Crippen molar-refractivity contribution in [2.45, 2.75) is 46.4 Å². The average Bonchev–Trinajstić information content (AvgIpc) is 3.25. The van der Waals surface area contributed by atoms with E-state index >= 15 is 4.39 Å². The number of carbonyl (C=O) groups is 1. The Hall–Kier alpha value is -4.37. The lowest BCUT2D eigenvalue weighted by Crippen LogP contribution is -2.41. The fourth-order valence-corrected chi connectivity index (χ4v) is 5.03. The summed E-state index contributed by atoms with van der Waals surface area (Å²) in [7, 11) is 0. The number of fused-ring (bicyclic) bond motifs is 1. The van der Waals surface area contributed by atoms with Crippen LogP contribution in [-0.4, -0.2) is 26.8 Å². The van der Waals surface area contributed by atoms with E-state index < -0.39 is 29.1 Å². The van der Waals surface area contributed by atoms with Gasteiger partial charge in [0.1, 0.15) is 23.9 Å². The molecule has 1 aliphatic heterocycles. The maximum atomic E-state index is 15.6. The van der Waals surface area contributed by atoms with E-state index in [1.165, 1.54) is 21.6 Å². The van der Waals surface area contributed by atoms with E-state index in [9.17, 15) is 14.0 Å². The number of anilines is 1. The van der Waals surface area contributed by atoms with Crippen molar-refractivity contribution in [2.75, 3.05) is 11.4 Å². The molecule has 0 saturated heterocycles. The molecule has 1 aromatic heterocycles. The smallest absolute Gasteiger partial charge is 0.350 e. The van der Waals surface area contributed by atoms with Crippen molar-refractivity contribution in [3.05, 3.63) is 123 Å². The van der Waals surface area contributed by atoms with Gasteiger partial charge >= 0.3 is 5.69 Å². The van der Waals surface area contributed by atoms with Crippen molar-refractivity contribution >= 4 is 11.6 Å². The molecule has 3 aromatic carbocycles. The molecule has 9 heteroatoms. The van der Waals surface area contributed by atoms with Gasteiger partial charge in [-0.05, 0) is 61.7 Å². The second-order valence-corrected chi connectivity index (χ2v) is 9.99. The molecule has 0 spiro atoms. The number of hydrogen-bond acceptors (Lipinski definition) is 4. The fraction of sp³-hybridized carbons (Fsp3) is 0.258. The van der Waals surface area contributed by atoms with Crippen LogP contribution in [-0.2, 0) is 24.5 Å². The summed E-state index contributed by atoms with van der Waals surface area (Å²) in [6.45, 7) is 10.3. The first-order chi connectivity index (χ1) is 19.2. The number of ether oxygens (including phenoxy) is 1. The normalized spacial score (nSPS) is 14.9. The predicted molar refractivity (Wildman–Crippen MR) is 149 cm³/mol. The van der Waals surface area contributed by atoms with Crippen LogP contribution in [0.4, 0.5) is 14.5 Å². The van der Waals surface area contributed by atoms with E-state index in [0.29, 0.717) is 30.1 Å². The summed E-state index contributed by atoms with van der Waals surface area (Å²) in [6.07, 6.45) is 0. The van der Waals surface area contributed by atoms with Gasteiger partial charge in [0, 0.05) is 24.6 Å².